The van der Waals surface area contributed by atoms with Gasteiger partial charge in [0.25, 0.3) is 0 Å². The van der Waals surface area contributed by atoms with Crippen LogP contribution in [0.15, 0.2) is 72.8 Å². The minimum Gasteiger partial charge on any atom is -0.508 e. The number of phenolic OH excluding ortho intramolecular Hbond substituents is 1. The number of ether oxygens (including phenoxy) is 2. The molecule has 1 fully saturated rings. The van der Waals surface area contributed by atoms with Crippen molar-refractivity contribution >= 4 is 0 Å². The highest BCUT2D eigenvalue weighted by Crippen LogP contribution is 2.47. The molecule has 5 rings (SSSR count). The SMILES string of the molecule is Oc1ccc2c(c1)OC[C@H](c1ccccc1)[C@@H]2c1ccc(OCCCCCCCCCCCCN2CCCC2)cc1. The third-order valence-electron chi connectivity index (χ3n) is 8.96. The number of benzene rings is 3. The van der Waals surface area contributed by atoms with Gasteiger partial charge in [0.05, 0.1) is 13.2 Å². The number of hydrogen-bond acceptors (Lipinski definition) is 4. The van der Waals surface area contributed by atoms with Crippen molar-refractivity contribution in [2.45, 2.75) is 88.9 Å². The first-order valence-corrected chi connectivity index (χ1v) is 16.2. The maximum Gasteiger partial charge on any atom is 0.126 e. The standard InChI is InChI=1S/C37H49NO3/c39-32-20-23-34-36(28-32)41-29-35(30-16-10-9-11-17-30)37(34)31-18-21-33(22-19-31)40-27-15-8-6-4-2-1-3-5-7-12-24-38-25-13-14-26-38/h9-11,16-23,28,35,37,39H,1-8,12-15,24-27,29H2/t35-,37-/m1/s1. The molecule has 2 heterocycles. The fourth-order valence-corrected chi connectivity index (χ4v) is 6.62. The third-order valence-corrected chi connectivity index (χ3v) is 8.96. The van der Waals surface area contributed by atoms with Crippen molar-refractivity contribution in [1.29, 1.82) is 0 Å². The molecule has 0 spiro atoms. The number of nitrogens with zero attached hydrogens (tertiary/aromatic N) is 1. The van der Waals surface area contributed by atoms with Crippen LogP contribution in [-0.4, -0.2) is 42.9 Å². The fraction of sp³-hybridized carbons (Fsp3) is 0.514. The van der Waals surface area contributed by atoms with Crippen LogP contribution in [0.25, 0.3) is 0 Å². The topological polar surface area (TPSA) is 41.9 Å². The summed E-state index contributed by atoms with van der Waals surface area (Å²) >= 11 is 0. The zero-order chi connectivity index (χ0) is 28.1. The van der Waals surface area contributed by atoms with Gasteiger partial charge in [-0.2, -0.15) is 0 Å². The van der Waals surface area contributed by atoms with Crippen LogP contribution in [0.2, 0.25) is 0 Å². The monoisotopic (exact) mass is 555 g/mol. The number of unbranched alkanes of at least 4 members (excludes halogenated alkanes) is 9. The Morgan fingerprint density at radius 1 is 0.707 bits per heavy atom. The Morgan fingerprint density at radius 2 is 1.37 bits per heavy atom. The summed E-state index contributed by atoms with van der Waals surface area (Å²) in [5, 5.41) is 10.0. The Bertz CT molecular complexity index is 1160. The summed E-state index contributed by atoms with van der Waals surface area (Å²) in [5.74, 6) is 2.32. The molecule has 0 amide bonds. The van der Waals surface area contributed by atoms with E-state index in [0.717, 1.165) is 30.1 Å². The fourth-order valence-electron chi connectivity index (χ4n) is 6.62. The first kappa shape index (κ1) is 29.5. The predicted octanol–water partition coefficient (Wildman–Crippen LogP) is 9.08. The van der Waals surface area contributed by atoms with E-state index in [9.17, 15) is 5.11 Å². The highest BCUT2D eigenvalue weighted by molar-refractivity contribution is 5.50. The number of phenols is 1. The molecule has 1 N–H and O–H groups in total. The molecule has 0 aliphatic carbocycles. The Morgan fingerprint density at radius 3 is 2.07 bits per heavy atom. The van der Waals surface area contributed by atoms with Gasteiger partial charge in [0, 0.05) is 23.5 Å². The van der Waals surface area contributed by atoms with Crippen LogP contribution < -0.4 is 9.47 Å². The Balaban J connectivity index is 1.00. The van der Waals surface area contributed by atoms with Gasteiger partial charge in [0.1, 0.15) is 17.2 Å². The van der Waals surface area contributed by atoms with Gasteiger partial charge in [0.2, 0.25) is 0 Å². The zero-order valence-corrected chi connectivity index (χ0v) is 24.8. The molecule has 1 saturated heterocycles. The second-order valence-corrected chi connectivity index (χ2v) is 12.0. The summed E-state index contributed by atoms with van der Waals surface area (Å²) in [5.41, 5.74) is 3.63. The van der Waals surface area contributed by atoms with Crippen molar-refractivity contribution in [1.82, 2.24) is 4.90 Å². The normalized spacial score (nSPS) is 18.6. The summed E-state index contributed by atoms with van der Waals surface area (Å²) in [7, 11) is 0. The van der Waals surface area contributed by atoms with Gasteiger partial charge in [-0.15, -0.1) is 0 Å². The second-order valence-electron chi connectivity index (χ2n) is 12.0. The molecule has 3 aromatic carbocycles. The number of hydrogen-bond donors (Lipinski definition) is 1. The van der Waals surface area contributed by atoms with E-state index >= 15 is 0 Å². The van der Waals surface area contributed by atoms with Crippen LogP contribution in [0.4, 0.5) is 0 Å². The lowest BCUT2D eigenvalue weighted by Crippen LogP contribution is -2.25. The van der Waals surface area contributed by atoms with Crippen LogP contribution in [-0.2, 0) is 0 Å². The van der Waals surface area contributed by atoms with Crippen molar-refractivity contribution in [2.75, 3.05) is 32.8 Å². The molecule has 2 aliphatic heterocycles. The minimum absolute atomic E-state index is 0.158. The van der Waals surface area contributed by atoms with Crippen molar-refractivity contribution in [3.8, 4) is 17.2 Å². The zero-order valence-electron chi connectivity index (χ0n) is 24.8. The molecule has 0 radical (unpaired) electrons. The van der Waals surface area contributed by atoms with E-state index in [-0.39, 0.29) is 17.6 Å². The van der Waals surface area contributed by atoms with E-state index in [1.165, 1.54) is 101 Å². The number of likely N-dealkylation sites (tertiary alicyclic amines) is 1. The Labute approximate surface area is 247 Å². The molecular weight excluding hydrogens is 506 g/mol. The van der Waals surface area contributed by atoms with Crippen molar-refractivity contribution in [3.63, 3.8) is 0 Å². The van der Waals surface area contributed by atoms with Gasteiger partial charge in [-0.1, -0.05) is 99.9 Å². The Kier molecular flexibility index (Phi) is 11.4. The number of aromatic hydroxyl groups is 1. The third kappa shape index (κ3) is 8.75. The van der Waals surface area contributed by atoms with Gasteiger partial charge < -0.3 is 19.5 Å². The van der Waals surface area contributed by atoms with E-state index in [0.29, 0.717) is 6.61 Å². The summed E-state index contributed by atoms with van der Waals surface area (Å²) < 4.78 is 12.2. The van der Waals surface area contributed by atoms with Gasteiger partial charge in [-0.25, -0.2) is 0 Å². The molecule has 3 aromatic rings. The van der Waals surface area contributed by atoms with E-state index in [1.807, 2.05) is 6.07 Å². The molecule has 4 nitrogen and oxygen atoms in total. The highest BCUT2D eigenvalue weighted by Gasteiger charge is 2.33. The first-order valence-electron chi connectivity index (χ1n) is 16.2. The van der Waals surface area contributed by atoms with Gasteiger partial charge in [-0.05, 0) is 74.6 Å². The molecule has 41 heavy (non-hydrogen) atoms. The lowest BCUT2D eigenvalue weighted by atomic mass is 9.76. The molecule has 0 unspecified atom stereocenters. The molecule has 220 valence electrons. The molecule has 2 aliphatic rings. The molecule has 2 atom stereocenters. The van der Waals surface area contributed by atoms with Gasteiger partial charge in [0.15, 0.2) is 0 Å². The number of fused-ring (bicyclic) bond motifs is 1. The van der Waals surface area contributed by atoms with Crippen molar-refractivity contribution in [3.05, 3.63) is 89.5 Å². The maximum absolute atomic E-state index is 10.0. The smallest absolute Gasteiger partial charge is 0.126 e. The predicted molar refractivity (Wildman–Crippen MR) is 168 cm³/mol. The van der Waals surface area contributed by atoms with E-state index < -0.39 is 0 Å². The molecule has 0 aromatic heterocycles. The van der Waals surface area contributed by atoms with E-state index in [1.54, 1.807) is 12.1 Å². The highest BCUT2D eigenvalue weighted by atomic mass is 16.5. The molecule has 0 bridgehead atoms. The summed E-state index contributed by atoms with van der Waals surface area (Å²) in [6.07, 6.45) is 16.3. The number of rotatable bonds is 16. The van der Waals surface area contributed by atoms with Crippen LogP contribution in [0.1, 0.15) is 106 Å². The molecule has 0 saturated carbocycles. The van der Waals surface area contributed by atoms with Crippen molar-refractivity contribution < 1.29 is 14.6 Å². The van der Waals surface area contributed by atoms with Gasteiger partial charge in [-0.3, -0.25) is 0 Å². The average molecular weight is 556 g/mol. The van der Waals surface area contributed by atoms with Crippen molar-refractivity contribution in [2.24, 2.45) is 0 Å². The van der Waals surface area contributed by atoms with Gasteiger partial charge >= 0.3 is 0 Å². The lowest BCUT2D eigenvalue weighted by molar-refractivity contribution is 0.247. The van der Waals surface area contributed by atoms with Crippen LogP contribution in [0.5, 0.6) is 17.2 Å². The summed E-state index contributed by atoms with van der Waals surface area (Å²) in [6.45, 7) is 5.38. The molecular formula is C37H49NO3. The van der Waals surface area contributed by atoms with Crippen LogP contribution >= 0.6 is 0 Å². The minimum atomic E-state index is 0.158. The van der Waals surface area contributed by atoms with Crippen LogP contribution in [0, 0.1) is 0 Å². The summed E-state index contributed by atoms with van der Waals surface area (Å²) in [4.78, 5) is 2.64. The Hall–Kier alpha value is -2.98. The summed E-state index contributed by atoms with van der Waals surface area (Å²) in [6, 6.07) is 24.7. The lowest BCUT2D eigenvalue weighted by Gasteiger charge is -2.34. The first-order chi connectivity index (χ1) is 20.3. The second kappa shape index (κ2) is 15.9. The largest absolute Gasteiger partial charge is 0.508 e. The van der Waals surface area contributed by atoms with E-state index in [4.69, 9.17) is 9.47 Å². The molecule has 4 heteroatoms. The van der Waals surface area contributed by atoms with E-state index in [2.05, 4.69) is 59.5 Å². The van der Waals surface area contributed by atoms with Crippen LogP contribution in [0.3, 0.4) is 0 Å². The average Bonchev–Trinajstić information content (AvgIpc) is 3.53. The maximum atomic E-state index is 10.0. The quantitative estimate of drug-likeness (QED) is 0.179.